The summed E-state index contributed by atoms with van der Waals surface area (Å²) in [5.74, 6) is 0.846. The van der Waals surface area contributed by atoms with Crippen molar-refractivity contribution >= 4 is 29.1 Å². The standard InChI is InChI=1S/C25H24FN3.ClH/c1-17-22(15-18-6-5-9-21(26)14-18)24-23(28(17)2)10-12-27-25(24)29-13-11-19-7-3-4-8-20(19)16-29;/h3-10,12,14H,11,13,15-16H2,1-2H3;1H. The van der Waals surface area contributed by atoms with Crippen molar-refractivity contribution in [1.82, 2.24) is 9.55 Å². The average Bonchev–Trinajstić information content (AvgIpc) is 2.98. The molecule has 0 amide bonds. The van der Waals surface area contributed by atoms with Gasteiger partial charge < -0.3 is 9.47 Å². The zero-order chi connectivity index (χ0) is 20.0. The number of anilines is 1. The Bertz CT molecular complexity index is 1210. The highest BCUT2D eigenvalue weighted by Gasteiger charge is 2.23. The molecule has 0 bridgehead atoms. The van der Waals surface area contributed by atoms with Crippen LogP contribution in [-0.4, -0.2) is 16.1 Å². The molecule has 1 aliphatic heterocycles. The molecule has 1 aliphatic rings. The number of hydrogen-bond donors (Lipinski definition) is 0. The molecule has 0 spiro atoms. The van der Waals surface area contributed by atoms with Crippen LogP contribution in [-0.2, 0) is 26.4 Å². The second kappa shape index (κ2) is 8.11. The van der Waals surface area contributed by atoms with E-state index in [-0.39, 0.29) is 18.2 Å². The molecule has 0 saturated heterocycles. The van der Waals surface area contributed by atoms with Crippen molar-refractivity contribution in [2.45, 2.75) is 26.3 Å². The van der Waals surface area contributed by atoms with Crippen LogP contribution in [0.5, 0.6) is 0 Å². The third-order valence-electron chi connectivity index (χ3n) is 6.21. The van der Waals surface area contributed by atoms with Gasteiger partial charge in [-0.15, -0.1) is 12.4 Å². The van der Waals surface area contributed by atoms with Gasteiger partial charge in [0.2, 0.25) is 0 Å². The summed E-state index contributed by atoms with van der Waals surface area (Å²) in [7, 11) is 2.10. The predicted molar refractivity (Wildman–Crippen MR) is 123 cm³/mol. The van der Waals surface area contributed by atoms with Crippen molar-refractivity contribution in [3.63, 3.8) is 0 Å². The highest BCUT2D eigenvalue weighted by Crippen LogP contribution is 2.35. The predicted octanol–water partition coefficient (Wildman–Crippen LogP) is 5.60. The van der Waals surface area contributed by atoms with Gasteiger partial charge >= 0.3 is 0 Å². The molecule has 3 nitrogen and oxygen atoms in total. The van der Waals surface area contributed by atoms with Crippen molar-refractivity contribution in [2.75, 3.05) is 11.4 Å². The van der Waals surface area contributed by atoms with Crippen LogP contribution in [0.15, 0.2) is 60.8 Å². The van der Waals surface area contributed by atoms with Crippen molar-refractivity contribution < 1.29 is 4.39 Å². The fourth-order valence-electron chi connectivity index (χ4n) is 4.56. The lowest BCUT2D eigenvalue weighted by Gasteiger charge is -2.30. The van der Waals surface area contributed by atoms with Gasteiger partial charge in [-0.25, -0.2) is 9.37 Å². The van der Waals surface area contributed by atoms with Crippen LogP contribution in [0, 0.1) is 12.7 Å². The van der Waals surface area contributed by atoms with Gasteiger partial charge in [-0.05, 0) is 53.8 Å². The molecule has 0 unspecified atom stereocenters. The SMILES string of the molecule is Cc1c(Cc2cccc(F)c2)c2c(N3CCc4ccccc4C3)nccc2n1C.Cl. The number of benzene rings is 2. The van der Waals surface area contributed by atoms with Crippen LogP contribution >= 0.6 is 12.4 Å². The largest absolute Gasteiger partial charge is 0.351 e. The number of hydrogen-bond acceptors (Lipinski definition) is 2. The lowest BCUT2D eigenvalue weighted by atomic mass is 9.98. The summed E-state index contributed by atoms with van der Waals surface area (Å²) in [6, 6.07) is 17.7. The van der Waals surface area contributed by atoms with E-state index in [9.17, 15) is 4.39 Å². The molecule has 0 saturated carbocycles. The number of rotatable bonds is 3. The smallest absolute Gasteiger partial charge is 0.138 e. The number of nitrogens with zero attached hydrogens (tertiary/aromatic N) is 3. The Morgan fingerprint density at radius 2 is 1.83 bits per heavy atom. The minimum atomic E-state index is -0.189. The van der Waals surface area contributed by atoms with Crippen LogP contribution in [0.2, 0.25) is 0 Å². The van der Waals surface area contributed by atoms with Crippen LogP contribution in [0.25, 0.3) is 10.9 Å². The number of pyridine rings is 1. The summed E-state index contributed by atoms with van der Waals surface area (Å²) in [5.41, 5.74) is 7.40. The zero-order valence-electron chi connectivity index (χ0n) is 17.2. The quantitative estimate of drug-likeness (QED) is 0.429. The van der Waals surface area contributed by atoms with E-state index in [1.54, 1.807) is 12.1 Å². The van der Waals surface area contributed by atoms with Gasteiger partial charge in [0.1, 0.15) is 11.6 Å². The Morgan fingerprint density at radius 3 is 2.63 bits per heavy atom. The molecular formula is C25H25ClFN3. The molecule has 3 heterocycles. The van der Waals surface area contributed by atoms with E-state index in [1.807, 2.05) is 12.3 Å². The van der Waals surface area contributed by atoms with Crippen LogP contribution < -0.4 is 4.90 Å². The second-order valence-corrected chi connectivity index (χ2v) is 7.90. The summed E-state index contributed by atoms with van der Waals surface area (Å²) in [6.07, 6.45) is 3.63. The Labute approximate surface area is 182 Å². The zero-order valence-corrected chi connectivity index (χ0v) is 18.0. The number of aryl methyl sites for hydroxylation is 1. The molecule has 2 aromatic heterocycles. The summed E-state index contributed by atoms with van der Waals surface area (Å²) >= 11 is 0. The fraction of sp³-hybridized carbons (Fsp3) is 0.240. The monoisotopic (exact) mass is 421 g/mol. The first-order valence-electron chi connectivity index (χ1n) is 10.1. The van der Waals surface area contributed by atoms with Crippen molar-refractivity contribution in [1.29, 1.82) is 0 Å². The fourth-order valence-corrected chi connectivity index (χ4v) is 4.56. The molecule has 0 N–H and O–H groups in total. The number of halogens is 2. The third-order valence-corrected chi connectivity index (χ3v) is 6.21. The molecule has 154 valence electrons. The minimum Gasteiger partial charge on any atom is -0.351 e. The lowest BCUT2D eigenvalue weighted by Crippen LogP contribution is -2.31. The molecule has 0 fully saturated rings. The van der Waals surface area contributed by atoms with Gasteiger partial charge in [0, 0.05) is 43.8 Å². The number of fused-ring (bicyclic) bond motifs is 2. The molecular weight excluding hydrogens is 397 g/mol. The Morgan fingerprint density at radius 1 is 1.03 bits per heavy atom. The van der Waals surface area contributed by atoms with Gasteiger partial charge in [-0.1, -0.05) is 36.4 Å². The maximum Gasteiger partial charge on any atom is 0.138 e. The lowest BCUT2D eigenvalue weighted by molar-refractivity contribution is 0.626. The van der Waals surface area contributed by atoms with E-state index in [0.29, 0.717) is 6.42 Å². The van der Waals surface area contributed by atoms with Gasteiger partial charge in [0.15, 0.2) is 0 Å². The van der Waals surface area contributed by atoms with E-state index in [0.717, 1.165) is 30.9 Å². The summed E-state index contributed by atoms with van der Waals surface area (Å²) in [6.45, 7) is 3.97. The second-order valence-electron chi connectivity index (χ2n) is 7.90. The van der Waals surface area contributed by atoms with E-state index in [1.165, 1.54) is 39.4 Å². The maximum atomic E-state index is 13.8. The molecule has 30 heavy (non-hydrogen) atoms. The van der Waals surface area contributed by atoms with Crippen molar-refractivity contribution in [3.8, 4) is 0 Å². The van der Waals surface area contributed by atoms with Gasteiger partial charge in [-0.3, -0.25) is 0 Å². The van der Waals surface area contributed by atoms with Crippen molar-refractivity contribution in [2.24, 2.45) is 7.05 Å². The highest BCUT2D eigenvalue weighted by atomic mass is 35.5. The van der Waals surface area contributed by atoms with Gasteiger partial charge in [0.25, 0.3) is 0 Å². The van der Waals surface area contributed by atoms with Crippen LogP contribution in [0.3, 0.4) is 0 Å². The van der Waals surface area contributed by atoms with E-state index < -0.39 is 0 Å². The van der Waals surface area contributed by atoms with Crippen LogP contribution in [0.4, 0.5) is 10.2 Å². The first-order chi connectivity index (χ1) is 14.1. The average molecular weight is 422 g/mol. The Kier molecular flexibility index (Phi) is 5.52. The van der Waals surface area contributed by atoms with E-state index >= 15 is 0 Å². The molecule has 5 rings (SSSR count). The summed E-state index contributed by atoms with van der Waals surface area (Å²) < 4.78 is 16.0. The molecule has 0 atom stereocenters. The van der Waals surface area contributed by atoms with Gasteiger partial charge in [0.05, 0.1) is 5.52 Å². The maximum absolute atomic E-state index is 13.8. The Hall–Kier alpha value is -2.85. The molecule has 0 aliphatic carbocycles. The summed E-state index contributed by atoms with van der Waals surface area (Å²) in [5, 5.41) is 1.19. The van der Waals surface area contributed by atoms with Crippen LogP contribution in [0.1, 0.15) is 27.9 Å². The van der Waals surface area contributed by atoms with Gasteiger partial charge in [-0.2, -0.15) is 0 Å². The molecule has 2 aromatic carbocycles. The third kappa shape index (κ3) is 3.46. The number of aromatic nitrogens is 2. The topological polar surface area (TPSA) is 21.1 Å². The highest BCUT2D eigenvalue weighted by molar-refractivity contribution is 5.95. The summed E-state index contributed by atoms with van der Waals surface area (Å²) in [4.78, 5) is 7.20. The Balaban J connectivity index is 0.00000218. The van der Waals surface area contributed by atoms with E-state index in [2.05, 4.69) is 53.8 Å². The molecule has 5 heteroatoms. The minimum absolute atomic E-state index is 0. The van der Waals surface area contributed by atoms with E-state index in [4.69, 9.17) is 4.98 Å². The molecule has 4 aromatic rings. The molecule has 0 radical (unpaired) electrons. The first kappa shape index (κ1) is 20.4. The normalized spacial score (nSPS) is 13.2. The van der Waals surface area contributed by atoms with Crippen molar-refractivity contribution in [3.05, 3.63) is 94.6 Å². The first-order valence-corrected chi connectivity index (χ1v) is 10.1.